The Bertz CT molecular complexity index is 954. The van der Waals surface area contributed by atoms with Gasteiger partial charge in [-0.15, -0.1) is 10.2 Å². The van der Waals surface area contributed by atoms with Crippen LogP contribution in [0, 0.1) is 12.7 Å². The second-order valence-corrected chi connectivity index (χ2v) is 7.07. The van der Waals surface area contributed by atoms with E-state index in [1.807, 2.05) is 45.0 Å². The minimum Gasteiger partial charge on any atom is -0.463 e. The Morgan fingerprint density at radius 2 is 1.86 bits per heavy atom. The molecule has 0 spiro atoms. The lowest BCUT2D eigenvalue weighted by atomic mass is 10.0. The summed E-state index contributed by atoms with van der Waals surface area (Å²) in [7, 11) is 0. The van der Waals surface area contributed by atoms with Crippen LogP contribution in [0.4, 0.5) is 4.39 Å². The van der Waals surface area contributed by atoms with E-state index in [-0.39, 0.29) is 42.5 Å². The molecule has 0 saturated carbocycles. The topological polar surface area (TPSA) is 77.2 Å². The molecule has 2 aromatic carbocycles. The van der Waals surface area contributed by atoms with Crippen molar-refractivity contribution in [2.45, 2.75) is 45.9 Å². The number of rotatable bonds is 8. The van der Waals surface area contributed by atoms with E-state index in [1.54, 1.807) is 18.2 Å². The van der Waals surface area contributed by atoms with E-state index in [9.17, 15) is 9.18 Å². The second kappa shape index (κ2) is 9.43. The summed E-state index contributed by atoms with van der Waals surface area (Å²) in [5.74, 6) is -0.302. The molecule has 3 rings (SSSR count). The summed E-state index contributed by atoms with van der Waals surface area (Å²) in [5, 5.41) is 11.2. The highest BCUT2D eigenvalue weighted by Crippen LogP contribution is 2.22. The van der Waals surface area contributed by atoms with Gasteiger partial charge in [-0.2, -0.15) is 0 Å². The first-order valence-electron chi connectivity index (χ1n) is 9.49. The van der Waals surface area contributed by atoms with Gasteiger partial charge in [0, 0.05) is 6.04 Å². The van der Waals surface area contributed by atoms with Crippen LogP contribution in [-0.2, 0) is 16.1 Å². The predicted octanol–water partition coefficient (Wildman–Crippen LogP) is 4.36. The lowest BCUT2D eigenvalue weighted by Crippen LogP contribution is -2.25. The molecule has 0 aliphatic rings. The Kier molecular flexibility index (Phi) is 6.72. The number of aromatic nitrogens is 2. The van der Waals surface area contributed by atoms with Crippen molar-refractivity contribution in [3.8, 4) is 11.5 Å². The molecule has 3 aromatic rings. The second-order valence-electron chi connectivity index (χ2n) is 7.07. The largest absolute Gasteiger partial charge is 0.463 e. The normalized spacial score (nSPS) is 12.2. The highest BCUT2D eigenvalue weighted by Gasteiger charge is 2.19. The number of hydrogen-bond acceptors (Lipinski definition) is 6. The molecular weight excluding hydrogens is 373 g/mol. The van der Waals surface area contributed by atoms with E-state index in [2.05, 4.69) is 15.5 Å². The average Bonchev–Trinajstić information content (AvgIpc) is 3.14. The highest BCUT2D eigenvalue weighted by atomic mass is 19.1. The number of esters is 1. The fourth-order valence-corrected chi connectivity index (χ4v) is 2.86. The van der Waals surface area contributed by atoms with Gasteiger partial charge in [-0.1, -0.05) is 42.0 Å². The predicted molar refractivity (Wildman–Crippen MR) is 106 cm³/mol. The SMILES string of the molecule is Cc1ccc(C(CC(=O)OC(C)C)NCc2nnc(-c3ccccc3F)o2)cc1. The van der Waals surface area contributed by atoms with Gasteiger partial charge in [0.25, 0.3) is 5.89 Å². The van der Waals surface area contributed by atoms with Crippen molar-refractivity contribution in [2.24, 2.45) is 0 Å². The van der Waals surface area contributed by atoms with Crippen molar-refractivity contribution in [1.29, 1.82) is 0 Å². The molecule has 7 heteroatoms. The van der Waals surface area contributed by atoms with E-state index in [0.29, 0.717) is 5.89 Å². The summed E-state index contributed by atoms with van der Waals surface area (Å²) in [6.07, 6.45) is -0.0179. The van der Waals surface area contributed by atoms with Gasteiger partial charge < -0.3 is 14.5 Å². The third-order valence-electron chi connectivity index (χ3n) is 4.29. The number of carbonyl (C=O) groups is 1. The number of ether oxygens (including phenoxy) is 1. The fourth-order valence-electron chi connectivity index (χ4n) is 2.86. The van der Waals surface area contributed by atoms with Crippen LogP contribution in [0.5, 0.6) is 0 Å². The Hall–Kier alpha value is -3.06. The van der Waals surface area contributed by atoms with Gasteiger partial charge in [0.05, 0.1) is 24.6 Å². The fraction of sp³-hybridized carbons (Fsp3) is 0.318. The molecule has 0 amide bonds. The minimum absolute atomic E-state index is 0.117. The zero-order valence-corrected chi connectivity index (χ0v) is 16.7. The molecule has 0 aliphatic heterocycles. The molecule has 29 heavy (non-hydrogen) atoms. The van der Waals surface area contributed by atoms with Crippen molar-refractivity contribution >= 4 is 5.97 Å². The summed E-state index contributed by atoms with van der Waals surface area (Å²) < 4.78 is 24.8. The van der Waals surface area contributed by atoms with Gasteiger partial charge >= 0.3 is 5.97 Å². The van der Waals surface area contributed by atoms with Gasteiger partial charge in [-0.25, -0.2) is 4.39 Å². The van der Waals surface area contributed by atoms with E-state index in [4.69, 9.17) is 9.15 Å². The van der Waals surface area contributed by atoms with Gasteiger partial charge in [-0.05, 0) is 38.5 Å². The van der Waals surface area contributed by atoms with Crippen LogP contribution in [0.1, 0.15) is 43.3 Å². The number of nitrogens with one attached hydrogen (secondary N) is 1. The summed E-state index contributed by atoms with van der Waals surface area (Å²) >= 11 is 0. The monoisotopic (exact) mass is 397 g/mol. The molecule has 152 valence electrons. The van der Waals surface area contributed by atoms with Crippen LogP contribution in [0.3, 0.4) is 0 Å². The maximum absolute atomic E-state index is 13.9. The zero-order valence-electron chi connectivity index (χ0n) is 16.7. The molecular formula is C22H24FN3O3. The van der Waals surface area contributed by atoms with Crippen LogP contribution in [-0.4, -0.2) is 22.3 Å². The van der Waals surface area contributed by atoms with E-state index in [0.717, 1.165) is 11.1 Å². The third kappa shape index (κ3) is 5.71. The summed E-state index contributed by atoms with van der Waals surface area (Å²) in [6, 6.07) is 13.8. The van der Waals surface area contributed by atoms with E-state index in [1.165, 1.54) is 6.07 Å². The van der Waals surface area contributed by atoms with Crippen LogP contribution >= 0.6 is 0 Å². The zero-order chi connectivity index (χ0) is 20.8. The van der Waals surface area contributed by atoms with Crippen molar-refractivity contribution < 1.29 is 18.3 Å². The summed E-state index contributed by atoms with van der Waals surface area (Å²) in [5.41, 5.74) is 2.33. The molecule has 1 N–H and O–H groups in total. The summed E-state index contributed by atoms with van der Waals surface area (Å²) in [6.45, 7) is 5.86. The van der Waals surface area contributed by atoms with Crippen LogP contribution < -0.4 is 5.32 Å². The number of aryl methyl sites for hydroxylation is 1. The maximum Gasteiger partial charge on any atom is 0.307 e. The Labute approximate surface area is 169 Å². The molecule has 0 fully saturated rings. The molecule has 1 unspecified atom stereocenters. The van der Waals surface area contributed by atoms with Gasteiger partial charge in [0.15, 0.2) is 0 Å². The molecule has 0 bridgehead atoms. The van der Waals surface area contributed by atoms with Crippen molar-refractivity contribution in [1.82, 2.24) is 15.5 Å². The smallest absolute Gasteiger partial charge is 0.307 e. The highest BCUT2D eigenvalue weighted by molar-refractivity contribution is 5.70. The first-order valence-corrected chi connectivity index (χ1v) is 9.49. The van der Waals surface area contributed by atoms with Crippen LogP contribution in [0.2, 0.25) is 0 Å². The lowest BCUT2D eigenvalue weighted by Gasteiger charge is -2.19. The molecule has 1 atom stereocenters. The van der Waals surface area contributed by atoms with Crippen LogP contribution in [0.25, 0.3) is 11.5 Å². The van der Waals surface area contributed by atoms with E-state index >= 15 is 0 Å². The van der Waals surface area contributed by atoms with Gasteiger partial charge in [0.2, 0.25) is 5.89 Å². The number of carbonyl (C=O) groups excluding carboxylic acids is 1. The number of halogens is 1. The lowest BCUT2D eigenvalue weighted by molar-refractivity contribution is -0.148. The molecule has 1 heterocycles. The average molecular weight is 397 g/mol. The van der Waals surface area contributed by atoms with E-state index < -0.39 is 5.82 Å². The van der Waals surface area contributed by atoms with Crippen molar-refractivity contribution in [3.63, 3.8) is 0 Å². The standard InChI is InChI=1S/C22H24FN3O3/c1-14(2)28-21(27)12-19(16-10-8-15(3)9-11-16)24-13-20-25-26-22(29-20)17-6-4-5-7-18(17)23/h4-11,14,19,24H,12-13H2,1-3H3. The maximum atomic E-state index is 13.9. The van der Waals surface area contributed by atoms with Gasteiger partial charge in [0.1, 0.15) is 5.82 Å². The van der Waals surface area contributed by atoms with Crippen molar-refractivity contribution in [2.75, 3.05) is 0 Å². The first-order chi connectivity index (χ1) is 13.9. The van der Waals surface area contributed by atoms with Gasteiger partial charge in [-0.3, -0.25) is 4.79 Å². The Morgan fingerprint density at radius 3 is 2.55 bits per heavy atom. The summed E-state index contributed by atoms with van der Waals surface area (Å²) in [4.78, 5) is 12.2. The molecule has 6 nitrogen and oxygen atoms in total. The molecule has 0 saturated heterocycles. The number of hydrogen-bond donors (Lipinski definition) is 1. The van der Waals surface area contributed by atoms with Crippen molar-refractivity contribution in [3.05, 3.63) is 71.4 Å². The Balaban J connectivity index is 1.72. The third-order valence-corrected chi connectivity index (χ3v) is 4.29. The quantitative estimate of drug-likeness (QED) is 0.569. The molecule has 1 aromatic heterocycles. The van der Waals surface area contributed by atoms with Crippen LogP contribution in [0.15, 0.2) is 52.9 Å². The first kappa shape index (κ1) is 20.7. The molecule has 0 radical (unpaired) electrons. The Morgan fingerprint density at radius 1 is 1.14 bits per heavy atom. The number of benzene rings is 2. The number of nitrogens with zero attached hydrogens (tertiary/aromatic N) is 2. The molecule has 0 aliphatic carbocycles. The minimum atomic E-state index is -0.426.